The Hall–Kier alpha value is -2.95. The standard InChI is InChI=1S/C25H33ClFN5O4/c1-7-25(6)30-20(15(5)36-25)12-35-21-10-18(26)17(9-19(21)27)24(34)32-31-23(33)16-8-14(4)22(28-11-16)29-13(2)3/h8-11,13,15,20,30H,7,12H2,1-6H3,(H,28,29)(H,31,33)(H,32,34). The third kappa shape index (κ3) is 6.63. The molecule has 2 heterocycles. The molecule has 1 fully saturated rings. The van der Waals surface area contributed by atoms with Crippen molar-refractivity contribution in [3.63, 3.8) is 0 Å². The summed E-state index contributed by atoms with van der Waals surface area (Å²) in [5, 5.41) is 6.49. The number of pyridine rings is 1. The number of benzene rings is 1. The smallest absolute Gasteiger partial charge is 0.271 e. The van der Waals surface area contributed by atoms with Crippen LogP contribution >= 0.6 is 11.6 Å². The maximum absolute atomic E-state index is 14.7. The third-order valence-corrected chi connectivity index (χ3v) is 6.23. The van der Waals surface area contributed by atoms with Gasteiger partial charge in [-0.1, -0.05) is 18.5 Å². The van der Waals surface area contributed by atoms with E-state index in [9.17, 15) is 14.0 Å². The van der Waals surface area contributed by atoms with Crippen molar-refractivity contribution < 1.29 is 23.5 Å². The molecule has 1 aromatic heterocycles. The van der Waals surface area contributed by atoms with Gasteiger partial charge in [0.25, 0.3) is 11.8 Å². The zero-order chi connectivity index (χ0) is 26.6. The molecule has 9 nitrogen and oxygen atoms in total. The van der Waals surface area contributed by atoms with E-state index in [-0.39, 0.29) is 46.7 Å². The Morgan fingerprint density at radius 3 is 2.58 bits per heavy atom. The molecule has 2 aromatic rings. The highest BCUT2D eigenvalue weighted by molar-refractivity contribution is 6.34. The van der Waals surface area contributed by atoms with Gasteiger partial charge in [-0.15, -0.1) is 0 Å². The predicted octanol–water partition coefficient (Wildman–Crippen LogP) is 3.96. The van der Waals surface area contributed by atoms with Crippen molar-refractivity contribution in [1.29, 1.82) is 0 Å². The fraction of sp³-hybridized carbons (Fsp3) is 0.480. The summed E-state index contributed by atoms with van der Waals surface area (Å²) < 4.78 is 26.2. The number of anilines is 1. The van der Waals surface area contributed by atoms with Crippen LogP contribution in [0, 0.1) is 12.7 Å². The number of carbonyl (C=O) groups is 2. The van der Waals surface area contributed by atoms with E-state index in [1.165, 1.54) is 12.3 Å². The fourth-order valence-electron chi connectivity index (χ4n) is 3.77. The molecule has 3 unspecified atom stereocenters. The zero-order valence-corrected chi connectivity index (χ0v) is 22.0. The molecular weight excluding hydrogens is 489 g/mol. The van der Waals surface area contributed by atoms with E-state index in [4.69, 9.17) is 21.1 Å². The first-order valence-electron chi connectivity index (χ1n) is 11.8. The largest absolute Gasteiger partial charge is 0.489 e. The van der Waals surface area contributed by atoms with E-state index in [1.54, 1.807) is 6.07 Å². The average Bonchev–Trinajstić information content (AvgIpc) is 3.12. The van der Waals surface area contributed by atoms with Crippen LogP contribution in [0.25, 0.3) is 0 Å². The van der Waals surface area contributed by atoms with Crippen molar-refractivity contribution in [2.45, 2.75) is 71.9 Å². The number of rotatable bonds is 8. The van der Waals surface area contributed by atoms with Gasteiger partial charge in [-0.3, -0.25) is 25.8 Å². The Labute approximate surface area is 215 Å². The molecule has 3 rings (SSSR count). The van der Waals surface area contributed by atoms with Crippen LogP contribution in [-0.4, -0.2) is 47.3 Å². The lowest BCUT2D eigenvalue weighted by molar-refractivity contribution is -0.0339. The van der Waals surface area contributed by atoms with E-state index < -0.39 is 23.4 Å². The molecule has 1 aromatic carbocycles. The topological polar surface area (TPSA) is 114 Å². The van der Waals surface area contributed by atoms with Gasteiger partial charge < -0.3 is 14.8 Å². The molecule has 4 N–H and O–H groups in total. The second kappa shape index (κ2) is 11.4. The Bertz CT molecular complexity index is 1130. The van der Waals surface area contributed by atoms with Crippen molar-refractivity contribution in [3.05, 3.63) is 51.9 Å². The molecule has 0 bridgehead atoms. The number of ether oxygens (including phenoxy) is 2. The molecule has 11 heteroatoms. The molecule has 0 radical (unpaired) electrons. The molecule has 36 heavy (non-hydrogen) atoms. The number of halogens is 2. The zero-order valence-electron chi connectivity index (χ0n) is 21.3. The number of amides is 2. The minimum atomic E-state index is -0.778. The molecule has 1 aliphatic heterocycles. The lowest BCUT2D eigenvalue weighted by Gasteiger charge is -2.22. The molecule has 196 valence electrons. The number of aromatic nitrogens is 1. The van der Waals surface area contributed by atoms with Crippen LogP contribution in [0.5, 0.6) is 5.75 Å². The molecular formula is C25H33ClFN5O4. The molecule has 1 saturated heterocycles. The summed E-state index contributed by atoms with van der Waals surface area (Å²) in [6.45, 7) is 11.8. The van der Waals surface area contributed by atoms with Gasteiger partial charge in [0.1, 0.15) is 18.1 Å². The van der Waals surface area contributed by atoms with Crippen molar-refractivity contribution >= 4 is 29.2 Å². The highest BCUT2D eigenvalue weighted by Crippen LogP contribution is 2.28. The van der Waals surface area contributed by atoms with E-state index in [0.29, 0.717) is 5.82 Å². The number of hydrogen-bond donors (Lipinski definition) is 4. The highest BCUT2D eigenvalue weighted by atomic mass is 35.5. The van der Waals surface area contributed by atoms with Gasteiger partial charge in [-0.25, -0.2) is 9.37 Å². The molecule has 3 atom stereocenters. The first-order valence-corrected chi connectivity index (χ1v) is 12.2. The molecule has 0 aliphatic carbocycles. The summed E-state index contributed by atoms with van der Waals surface area (Å²) in [6, 6.07) is 3.90. The van der Waals surface area contributed by atoms with E-state index in [2.05, 4.69) is 26.5 Å². The molecule has 0 spiro atoms. The third-order valence-electron chi connectivity index (χ3n) is 5.92. The predicted molar refractivity (Wildman–Crippen MR) is 136 cm³/mol. The number of hydrogen-bond acceptors (Lipinski definition) is 7. The number of nitrogens with one attached hydrogen (secondary N) is 4. The lowest BCUT2D eigenvalue weighted by Crippen LogP contribution is -2.43. The molecule has 2 amide bonds. The monoisotopic (exact) mass is 521 g/mol. The molecule has 1 aliphatic rings. The Morgan fingerprint density at radius 2 is 1.97 bits per heavy atom. The first kappa shape index (κ1) is 27.6. The SMILES string of the molecule is CCC1(C)NC(COc2cc(Cl)c(C(=O)NNC(=O)c3cnc(NC(C)C)c(C)c3)cc2F)C(C)O1. The minimum Gasteiger partial charge on any atom is -0.489 e. The van der Waals surface area contributed by atoms with Gasteiger partial charge in [0.05, 0.1) is 28.3 Å². The summed E-state index contributed by atoms with van der Waals surface area (Å²) in [7, 11) is 0. The van der Waals surface area contributed by atoms with Crippen LogP contribution in [0.3, 0.4) is 0 Å². The van der Waals surface area contributed by atoms with Crippen LogP contribution in [0.1, 0.15) is 67.3 Å². The quantitative estimate of drug-likeness (QED) is 0.389. The van der Waals surface area contributed by atoms with Crippen LogP contribution < -0.4 is 26.2 Å². The maximum atomic E-state index is 14.7. The summed E-state index contributed by atoms with van der Waals surface area (Å²) in [5.41, 5.74) is 4.96. The number of hydrazine groups is 1. The van der Waals surface area contributed by atoms with Gasteiger partial charge in [0, 0.05) is 18.3 Å². The second-order valence-electron chi connectivity index (χ2n) is 9.33. The van der Waals surface area contributed by atoms with E-state index in [1.807, 2.05) is 41.5 Å². The van der Waals surface area contributed by atoms with Crippen LogP contribution in [0.15, 0.2) is 24.4 Å². The van der Waals surface area contributed by atoms with Crippen molar-refractivity contribution in [2.24, 2.45) is 0 Å². The van der Waals surface area contributed by atoms with Gasteiger partial charge >= 0.3 is 0 Å². The van der Waals surface area contributed by atoms with Gasteiger partial charge in [-0.2, -0.15) is 0 Å². The Morgan fingerprint density at radius 1 is 1.28 bits per heavy atom. The van der Waals surface area contributed by atoms with Gasteiger partial charge in [0.2, 0.25) is 0 Å². The number of aryl methyl sites for hydroxylation is 1. The summed E-state index contributed by atoms with van der Waals surface area (Å²) in [6.07, 6.45) is 2.04. The van der Waals surface area contributed by atoms with Crippen LogP contribution in [-0.2, 0) is 4.74 Å². The van der Waals surface area contributed by atoms with E-state index >= 15 is 0 Å². The van der Waals surface area contributed by atoms with E-state index in [0.717, 1.165) is 18.1 Å². The molecule has 0 saturated carbocycles. The summed E-state index contributed by atoms with van der Waals surface area (Å²) in [5.74, 6) is -1.53. The Balaban J connectivity index is 1.60. The van der Waals surface area contributed by atoms with Crippen molar-refractivity contribution in [1.82, 2.24) is 21.2 Å². The summed E-state index contributed by atoms with van der Waals surface area (Å²) >= 11 is 6.22. The lowest BCUT2D eigenvalue weighted by atomic mass is 10.1. The van der Waals surface area contributed by atoms with Crippen LogP contribution in [0.4, 0.5) is 10.2 Å². The maximum Gasteiger partial charge on any atom is 0.271 e. The summed E-state index contributed by atoms with van der Waals surface area (Å²) in [4.78, 5) is 29.2. The number of carbonyl (C=O) groups excluding carboxylic acids is 2. The second-order valence-corrected chi connectivity index (χ2v) is 9.74. The van der Waals surface area contributed by atoms with Crippen LogP contribution in [0.2, 0.25) is 5.02 Å². The normalized spacial score (nSPS) is 21.4. The van der Waals surface area contributed by atoms with Gasteiger partial charge in [-0.05, 0) is 58.7 Å². The van der Waals surface area contributed by atoms with Crippen molar-refractivity contribution in [3.8, 4) is 5.75 Å². The van der Waals surface area contributed by atoms with Crippen molar-refractivity contribution in [2.75, 3.05) is 11.9 Å². The highest BCUT2D eigenvalue weighted by Gasteiger charge is 2.39. The van der Waals surface area contributed by atoms with Gasteiger partial charge in [0.15, 0.2) is 11.6 Å². The fourth-order valence-corrected chi connectivity index (χ4v) is 4.01. The average molecular weight is 522 g/mol. The number of nitrogens with zero attached hydrogens (tertiary/aromatic N) is 1. The minimum absolute atomic E-state index is 0.0261. The Kier molecular flexibility index (Phi) is 8.76. The first-order chi connectivity index (χ1) is 16.9.